The van der Waals surface area contributed by atoms with Gasteiger partial charge in [-0.3, -0.25) is 0 Å². The zero-order valence-electron chi connectivity index (χ0n) is 18.3. The molecule has 158 valence electrons. The SMILES string of the molecule is Cc1c(C)n(CCCN(C)C)c2ncn3nc(-c4cc5ccccc5cc4O)nc3c12. The molecule has 5 aromatic rings. The summed E-state index contributed by atoms with van der Waals surface area (Å²) in [6.07, 6.45) is 2.76. The number of aromatic hydroxyl groups is 1. The van der Waals surface area contributed by atoms with Gasteiger partial charge in [0.25, 0.3) is 0 Å². The number of hydrogen-bond acceptors (Lipinski definition) is 5. The molecule has 0 radical (unpaired) electrons. The fourth-order valence-corrected chi connectivity index (χ4v) is 4.27. The summed E-state index contributed by atoms with van der Waals surface area (Å²) < 4.78 is 3.99. The lowest BCUT2D eigenvalue weighted by Crippen LogP contribution is -2.15. The van der Waals surface area contributed by atoms with Crippen LogP contribution in [-0.2, 0) is 6.54 Å². The molecule has 5 rings (SSSR count). The Labute approximate surface area is 180 Å². The number of aromatic nitrogens is 5. The van der Waals surface area contributed by atoms with Crippen LogP contribution in [0.3, 0.4) is 0 Å². The van der Waals surface area contributed by atoms with Crippen LogP contribution in [0.15, 0.2) is 42.7 Å². The van der Waals surface area contributed by atoms with Gasteiger partial charge in [-0.2, -0.15) is 0 Å². The van der Waals surface area contributed by atoms with E-state index in [-0.39, 0.29) is 5.75 Å². The number of benzene rings is 2. The molecule has 0 aliphatic carbocycles. The van der Waals surface area contributed by atoms with Crippen molar-refractivity contribution in [2.24, 2.45) is 0 Å². The summed E-state index contributed by atoms with van der Waals surface area (Å²) in [5.74, 6) is 0.669. The molecule has 0 spiro atoms. The van der Waals surface area contributed by atoms with Gasteiger partial charge in [-0.25, -0.2) is 14.5 Å². The highest BCUT2D eigenvalue weighted by molar-refractivity contribution is 5.95. The molecule has 7 heteroatoms. The predicted molar refractivity (Wildman–Crippen MR) is 124 cm³/mol. The Balaban J connectivity index is 1.65. The van der Waals surface area contributed by atoms with E-state index in [0.717, 1.165) is 47.0 Å². The molecule has 0 bridgehead atoms. The van der Waals surface area contributed by atoms with E-state index in [9.17, 15) is 5.11 Å². The monoisotopic (exact) mass is 414 g/mol. The summed E-state index contributed by atoms with van der Waals surface area (Å²) in [7, 11) is 4.18. The second-order valence-electron chi connectivity index (χ2n) is 8.38. The molecule has 0 fully saturated rings. The van der Waals surface area contributed by atoms with Gasteiger partial charge >= 0.3 is 0 Å². The minimum atomic E-state index is 0.174. The van der Waals surface area contributed by atoms with Crippen molar-refractivity contribution in [3.63, 3.8) is 0 Å². The molecule has 0 saturated carbocycles. The van der Waals surface area contributed by atoms with Crippen molar-refractivity contribution in [2.75, 3.05) is 20.6 Å². The molecule has 0 saturated heterocycles. The highest BCUT2D eigenvalue weighted by Gasteiger charge is 2.19. The van der Waals surface area contributed by atoms with Crippen LogP contribution in [0, 0.1) is 13.8 Å². The summed E-state index contributed by atoms with van der Waals surface area (Å²) in [5, 5.41) is 18.3. The Kier molecular flexibility index (Phi) is 4.63. The normalized spacial score (nSPS) is 12.0. The Hall–Kier alpha value is -3.45. The third-order valence-electron chi connectivity index (χ3n) is 6.04. The Bertz CT molecular complexity index is 1430. The first-order chi connectivity index (χ1) is 14.9. The van der Waals surface area contributed by atoms with E-state index in [1.807, 2.05) is 30.3 Å². The van der Waals surface area contributed by atoms with Gasteiger partial charge in [0.05, 0.1) is 10.9 Å². The number of rotatable bonds is 5. The van der Waals surface area contributed by atoms with E-state index in [1.54, 1.807) is 16.9 Å². The average Bonchev–Trinajstić information content (AvgIpc) is 3.27. The minimum Gasteiger partial charge on any atom is -0.507 e. The summed E-state index contributed by atoms with van der Waals surface area (Å²) >= 11 is 0. The number of hydrogen-bond donors (Lipinski definition) is 1. The van der Waals surface area contributed by atoms with E-state index < -0.39 is 0 Å². The predicted octanol–water partition coefficient (Wildman–Crippen LogP) is 4.17. The molecule has 3 aromatic heterocycles. The van der Waals surface area contributed by atoms with Crippen molar-refractivity contribution in [1.29, 1.82) is 0 Å². The Morgan fingerprint density at radius 1 is 1.03 bits per heavy atom. The van der Waals surface area contributed by atoms with Crippen LogP contribution in [0.1, 0.15) is 17.7 Å². The van der Waals surface area contributed by atoms with E-state index in [1.165, 1.54) is 11.3 Å². The molecule has 31 heavy (non-hydrogen) atoms. The summed E-state index contributed by atoms with van der Waals surface area (Å²) in [6.45, 7) is 6.18. The van der Waals surface area contributed by atoms with Gasteiger partial charge in [-0.1, -0.05) is 24.3 Å². The van der Waals surface area contributed by atoms with E-state index in [0.29, 0.717) is 11.4 Å². The van der Waals surface area contributed by atoms with E-state index >= 15 is 0 Å². The maximum absolute atomic E-state index is 10.6. The molecular weight excluding hydrogens is 388 g/mol. The lowest BCUT2D eigenvalue weighted by molar-refractivity contribution is 0.387. The highest BCUT2D eigenvalue weighted by atomic mass is 16.3. The molecule has 0 atom stereocenters. The van der Waals surface area contributed by atoms with Crippen LogP contribution in [0.2, 0.25) is 0 Å². The van der Waals surface area contributed by atoms with Crippen molar-refractivity contribution in [2.45, 2.75) is 26.8 Å². The lowest BCUT2D eigenvalue weighted by Gasteiger charge is -2.11. The van der Waals surface area contributed by atoms with Crippen molar-refractivity contribution >= 4 is 27.5 Å². The molecule has 2 aromatic carbocycles. The third kappa shape index (κ3) is 3.21. The molecule has 7 nitrogen and oxygen atoms in total. The first kappa shape index (κ1) is 19.5. The van der Waals surface area contributed by atoms with Crippen LogP contribution in [0.5, 0.6) is 5.75 Å². The number of phenols is 1. The molecule has 0 aliphatic heterocycles. The van der Waals surface area contributed by atoms with E-state index in [4.69, 9.17) is 9.97 Å². The van der Waals surface area contributed by atoms with E-state index in [2.05, 4.69) is 42.5 Å². The maximum atomic E-state index is 10.6. The quantitative estimate of drug-likeness (QED) is 0.467. The highest BCUT2D eigenvalue weighted by Crippen LogP contribution is 2.33. The van der Waals surface area contributed by atoms with Crippen LogP contribution >= 0.6 is 0 Å². The topological polar surface area (TPSA) is 71.5 Å². The first-order valence-corrected chi connectivity index (χ1v) is 10.5. The van der Waals surface area contributed by atoms with Gasteiger partial charge in [0.1, 0.15) is 17.7 Å². The van der Waals surface area contributed by atoms with Crippen molar-refractivity contribution in [1.82, 2.24) is 29.0 Å². The second-order valence-corrected chi connectivity index (χ2v) is 8.38. The lowest BCUT2D eigenvalue weighted by atomic mass is 10.1. The Morgan fingerprint density at radius 3 is 2.52 bits per heavy atom. The van der Waals surface area contributed by atoms with Crippen LogP contribution in [-0.4, -0.2) is 54.8 Å². The zero-order valence-corrected chi connectivity index (χ0v) is 18.3. The summed E-state index contributed by atoms with van der Waals surface area (Å²) in [4.78, 5) is 11.7. The molecule has 0 aliphatic rings. The first-order valence-electron chi connectivity index (χ1n) is 10.5. The smallest absolute Gasteiger partial charge is 0.185 e. The van der Waals surface area contributed by atoms with Crippen LogP contribution in [0.25, 0.3) is 38.8 Å². The fraction of sp³-hybridized carbons (Fsp3) is 0.292. The zero-order chi connectivity index (χ0) is 21.7. The largest absolute Gasteiger partial charge is 0.507 e. The molecule has 0 unspecified atom stereocenters. The van der Waals surface area contributed by atoms with Crippen molar-refractivity contribution in [3.8, 4) is 17.1 Å². The van der Waals surface area contributed by atoms with Gasteiger partial charge in [-0.05, 0) is 69.4 Å². The number of aryl methyl sites for hydroxylation is 2. The Morgan fingerprint density at radius 2 is 1.77 bits per heavy atom. The summed E-state index contributed by atoms with van der Waals surface area (Å²) in [6, 6.07) is 11.7. The van der Waals surface area contributed by atoms with Gasteiger partial charge in [-0.15, -0.1) is 5.10 Å². The van der Waals surface area contributed by atoms with Gasteiger partial charge in [0.2, 0.25) is 0 Å². The number of fused-ring (bicyclic) bond motifs is 4. The standard InChI is InChI=1S/C24H26N6O/c1-15-16(2)29(11-7-10-28(3)4)23-21(15)24-26-22(27-30(24)14-25-23)19-12-17-8-5-6-9-18(17)13-20(19)31/h5-6,8-9,12-14,31H,7,10-11H2,1-4H3. The number of nitrogens with zero attached hydrogens (tertiary/aromatic N) is 6. The van der Waals surface area contributed by atoms with Crippen molar-refractivity contribution < 1.29 is 5.11 Å². The molecule has 1 N–H and O–H groups in total. The average molecular weight is 415 g/mol. The van der Waals surface area contributed by atoms with Gasteiger partial charge < -0.3 is 14.6 Å². The number of phenolic OH excluding ortho intramolecular Hbond substituents is 1. The summed E-state index contributed by atoms with van der Waals surface area (Å²) in [5.41, 5.74) is 4.69. The minimum absolute atomic E-state index is 0.174. The third-order valence-corrected chi connectivity index (χ3v) is 6.04. The molecule has 0 amide bonds. The van der Waals surface area contributed by atoms with Crippen molar-refractivity contribution in [3.05, 3.63) is 54.0 Å². The molecule has 3 heterocycles. The van der Waals surface area contributed by atoms with Gasteiger partial charge in [0.15, 0.2) is 11.5 Å². The van der Waals surface area contributed by atoms with Gasteiger partial charge in [0, 0.05) is 12.2 Å². The van der Waals surface area contributed by atoms with Crippen LogP contribution < -0.4 is 0 Å². The fourth-order valence-electron chi connectivity index (χ4n) is 4.27. The second kappa shape index (κ2) is 7.35. The maximum Gasteiger partial charge on any atom is 0.185 e. The molecular formula is C24H26N6O. The van der Waals surface area contributed by atoms with Crippen LogP contribution in [0.4, 0.5) is 0 Å².